The topological polar surface area (TPSA) is 69.8 Å². The molecule has 0 saturated carbocycles. The van der Waals surface area contributed by atoms with Gasteiger partial charge in [0.25, 0.3) is 0 Å². The van der Waals surface area contributed by atoms with E-state index in [9.17, 15) is 0 Å². The molecule has 2 heterocycles. The molecular formula is C23H25ClN4O. The Balaban J connectivity index is 0.000000176. The van der Waals surface area contributed by atoms with Crippen LogP contribution in [0.2, 0.25) is 0 Å². The predicted molar refractivity (Wildman–Crippen MR) is 121 cm³/mol. The van der Waals surface area contributed by atoms with Crippen molar-refractivity contribution in [2.75, 3.05) is 6.54 Å². The highest BCUT2D eigenvalue weighted by Gasteiger charge is 2.24. The van der Waals surface area contributed by atoms with Crippen LogP contribution < -0.4 is 10.7 Å². The van der Waals surface area contributed by atoms with Gasteiger partial charge in [0.15, 0.2) is 5.90 Å². The summed E-state index contributed by atoms with van der Waals surface area (Å²) in [5.41, 5.74) is 0. The van der Waals surface area contributed by atoms with E-state index in [0.29, 0.717) is 28.6 Å². The first-order chi connectivity index (χ1) is 14.1. The number of ether oxygens (including phenoxy) is 1. The summed E-state index contributed by atoms with van der Waals surface area (Å²) in [5.74, 6) is 1.58. The van der Waals surface area contributed by atoms with Crippen molar-refractivity contribution >= 4 is 34.5 Å². The summed E-state index contributed by atoms with van der Waals surface area (Å²) >= 11 is 5.94. The molecule has 0 aromatic heterocycles. The van der Waals surface area contributed by atoms with Gasteiger partial charge in [-0.05, 0) is 38.0 Å². The minimum absolute atomic E-state index is 0.301. The summed E-state index contributed by atoms with van der Waals surface area (Å²) in [4.78, 5) is 8.49. The molecule has 2 aromatic carbocycles. The number of rotatable bonds is 3. The summed E-state index contributed by atoms with van der Waals surface area (Å²) in [6, 6.07) is 8.67. The number of fused-ring (bicyclic) bond motifs is 1. The van der Waals surface area contributed by atoms with Crippen LogP contribution in [0.25, 0.3) is 10.8 Å². The van der Waals surface area contributed by atoms with E-state index < -0.39 is 0 Å². The smallest absolute Gasteiger partial charge is 0.199 e. The van der Waals surface area contributed by atoms with Gasteiger partial charge in [0, 0.05) is 47.9 Å². The Morgan fingerprint density at radius 3 is 2.69 bits per heavy atom. The molecule has 150 valence electrons. The van der Waals surface area contributed by atoms with Crippen molar-refractivity contribution in [3.8, 4) is 0 Å². The van der Waals surface area contributed by atoms with Gasteiger partial charge in [-0.15, -0.1) is 0 Å². The normalized spacial score (nSPS) is 25.1. The number of piperidine rings is 1. The molecule has 0 aliphatic carbocycles. The fraction of sp³-hybridized carbons (Fsp3) is 0.261. The molecule has 0 radical (unpaired) electrons. The van der Waals surface area contributed by atoms with Crippen LogP contribution in [-0.4, -0.2) is 24.7 Å². The van der Waals surface area contributed by atoms with E-state index in [4.69, 9.17) is 21.7 Å². The maximum absolute atomic E-state index is 6.75. The third kappa shape index (κ3) is 6.11. The fourth-order valence-electron chi connectivity index (χ4n) is 3.08. The molecule has 1 unspecified atom stereocenters. The molecule has 29 heavy (non-hydrogen) atoms. The van der Waals surface area contributed by atoms with Crippen LogP contribution in [0.15, 0.2) is 82.2 Å². The summed E-state index contributed by atoms with van der Waals surface area (Å²) < 4.78 is 5.64. The van der Waals surface area contributed by atoms with Gasteiger partial charge < -0.3 is 15.5 Å². The number of nitrogens with one attached hydrogen (secondary N) is 2. The zero-order valence-electron chi connectivity index (χ0n) is 16.4. The Hall–Kier alpha value is -2.76. The number of hydrogen-bond acceptors (Lipinski definition) is 5. The fourth-order valence-corrected chi connectivity index (χ4v) is 3.19. The number of nitrogens with zero attached hydrogens (tertiary/aromatic N) is 2. The number of halogens is 1. The second-order valence-electron chi connectivity index (χ2n) is 7.00. The highest BCUT2D eigenvalue weighted by atomic mass is 35.5. The Kier molecular flexibility index (Phi) is 7.33. The molecule has 0 amide bonds. The lowest BCUT2D eigenvalue weighted by atomic mass is 9.95. The average molecular weight is 409 g/mol. The molecule has 2 aromatic rings. The Morgan fingerprint density at radius 1 is 1.28 bits per heavy atom. The second-order valence-corrected chi connectivity index (χ2v) is 7.43. The highest BCUT2D eigenvalue weighted by Crippen LogP contribution is 2.20. The number of allylic oxidation sites excluding steroid dienone is 4. The minimum atomic E-state index is 0.301. The first kappa shape index (κ1) is 21.0. The monoisotopic (exact) mass is 408 g/mol. The van der Waals surface area contributed by atoms with Gasteiger partial charge in [-0.3, -0.25) is 4.99 Å². The summed E-state index contributed by atoms with van der Waals surface area (Å²) in [6.07, 6.45) is 11.8. The summed E-state index contributed by atoms with van der Waals surface area (Å²) in [7, 11) is 0. The molecule has 2 aliphatic heterocycles. The third-order valence-electron chi connectivity index (χ3n) is 4.75. The van der Waals surface area contributed by atoms with Gasteiger partial charge in [0.2, 0.25) is 0 Å². The molecule has 2 atom stereocenters. The predicted octanol–water partition coefficient (Wildman–Crippen LogP) is 4.73. The van der Waals surface area contributed by atoms with E-state index in [0.717, 1.165) is 24.7 Å². The molecule has 4 rings (SSSR count). The Labute approximate surface area is 176 Å². The Bertz CT molecular complexity index is 982. The maximum Gasteiger partial charge on any atom is 0.199 e. The van der Waals surface area contributed by atoms with Crippen molar-refractivity contribution in [1.29, 1.82) is 5.41 Å². The molecule has 1 fully saturated rings. The van der Waals surface area contributed by atoms with E-state index in [2.05, 4.69) is 28.8 Å². The van der Waals surface area contributed by atoms with Crippen LogP contribution in [-0.2, 0) is 4.74 Å². The number of benzene rings is 1. The van der Waals surface area contributed by atoms with Crippen LogP contribution in [0.1, 0.15) is 19.8 Å². The van der Waals surface area contributed by atoms with Gasteiger partial charge in [-0.25, -0.2) is 4.99 Å². The van der Waals surface area contributed by atoms with E-state index in [-0.39, 0.29) is 0 Å². The van der Waals surface area contributed by atoms with Crippen LogP contribution in [0.3, 0.4) is 0 Å². The molecule has 0 spiro atoms. The molecule has 0 bridgehead atoms. The second kappa shape index (κ2) is 10.1. The van der Waals surface area contributed by atoms with Crippen molar-refractivity contribution in [1.82, 2.24) is 5.32 Å². The van der Waals surface area contributed by atoms with Crippen LogP contribution in [0.4, 0.5) is 0 Å². The standard InChI is InChI=1S/C13H17ClN2O.C10H8N2/c1-9-3-5-11(7-15-9)13-16-8-12(14)6-4-10(2)17-13;11-6-3-7-12-10-8-4-1-2-5-9(8)10/h4,6,8-9,11,15H,2-3,5,7H2,1H3;1-7,11H/b6-4-,12-8+,16-13?;7-3-,11-6?/t9-,11?;/m1./s1. The van der Waals surface area contributed by atoms with Crippen molar-refractivity contribution in [2.45, 2.75) is 25.8 Å². The third-order valence-corrected chi connectivity index (χ3v) is 4.97. The molecular weight excluding hydrogens is 384 g/mol. The van der Waals surface area contributed by atoms with E-state index in [1.54, 1.807) is 30.6 Å². The minimum Gasteiger partial charge on any atom is -0.443 e. The number of hydrogen-bond donors (Lipinski definition) is 2. The maximum atomic E-state index is 6.75. The molecule has 2 N–H and O–H groups in total. The highest BCUT2D eigenvalue weighted by molar-refractivity contribution is 6.31. The van der Waals surface area contributed by atoms with Crippen molar-refractivity contribution in [2.24, 2.45) is 15.9 Å². The van der Waals surface area contributed by atoms with Gasteiger partial charge in [-0.1, -0.05) is 42.4 Å². The summed E-state index contributed by atoms with van der Waals surface area (Å²) in [6.45, 7) is 6.90. The number of aliphatic imine (C=N–C) groups is 1. The van der Waals surface area contributed by atoms with Gasteiger partial charge in [0.1, 0.15) is 5.76 Å². The lowest BCUT2D eigenvalue weighted by Gasteiger charge is -2.28. The van der Waals surface area contributed by atoms with Crippen LogP contribution in [0, 0.1) is 11.3 Å². The molecule has 1 saturated heterocycles. The van der Waals surface area contributed by atoms with Crippen molar-refractivity contribution in [3.05, 3.63) is 77.6 Å². The van der Waals surface area contributed by atoms with Crippen LogP contribution >= 0.6 is 11.6 Å². The lowest BCUT2D eigenvalue weighted by Crippen LogP contribution is -2.40. The lowest BCUT2D eigenvalue weighted by molar-refractivity contribution is 0.325. The zero-order valence-corrected chi connectivity index (χ0v) is 17.2. The van der Waals surface area contributed by atoms with Crippen molar-refractivity contribution in [3.63, 3.8) is 0 Å². The van der Waals surface area contributed by atoms with E-state index >= 15 is 0 Å². The Morgan fingerprint density at radius 2 is 2.03 bits per heavy atom. The van der Waals surface area contributed by atoms with Gasteiger partial charge >= 0.3 is 0 Å². The van der Waals surface area contributed by atoms with E-state index in [1.165, 1.54) is 17.0 Å². The molecule has 2 aliphatic rings. The average Bonchev–Trinajstić information content (AvgIpc) is 3.43. The zero-order chi connectivity index (χ0) is 20.6. The molecule has 5 nitrogen and oxygen atoms in total. The largest absolute Gasteiger partial charge is 0.443 e. The van der Waals surface area contributed by atoms with Crippen molar-refractivity contribution < 1.29 is 4.74 Å². The van der Waals surface area contributed by atoms with Gasteiger partial charge in [0.05, 0.1) is 10.4 Å². The first-order valence-corrected chi connectivity index (χ1v) is 10.0. The van der Waals surface area contributed by atoms with E-state index in [1.807, 2.05) is 24.3 Å². The SMILES string of the molecule is C=C1/C=C\C(Cl)=C/N=C(C2CC[C@@H](C)NC2)O1.N=C/C=C\N=c1c2ccccc12. The van der Waals surface area contributed by atoms with Gasteiger partial charge in [-0.2, -0.15) is 0 Å². The molecule has 6 heteroatoms. The van der Waals surface area contributed by atoms with Crippen LogP contribution in [0.5, 0.6) is 0 Å². The quantitative estimate of drug-likeness (QED) is 0.720. The summed E-state index contributed by atoms with van der Waals surface area (Å²) in [5, 5.41) is 14.3. The first-order valence-electron chi connectivity index (χ1n) is 9.63.